The Bertz CT molecular complexity index is 686. The Hall–Kier alpha value is -1.75. The SMILES string of the molecule is CC1(C(=O)N[C@@H]2C[C@H](NC(=O)COc3ccc(Cl)cc3)C3CC32)CC1. The van der Waals surface area contributed by atoms with E-state index in [2.05, 4.69) is 10.6 Å². The minimum Gasteiger partial charge on any atom is -0.484 e. The summed E-state index contributed by atoms with van der Waals surface area (Å²) in [4.78, 5) is 24.4. The predicted octanol–water partition coefficient (Wildman–Crippen LogP) is 2.53. The van der Waals surface area contributed by atoms with E-state index >= 15 is 0 Å². The standard InChI is InChI=1S/C19H23ClN2O3/c1-19(6-7-19)18(24)22-16-9-15(13-8-14(13)16)21-17(23)10-25-12-4-2-11(20)3-5-12/h2-5,13-16H,6-10H2,1H3,(H,21,23)(H,22,24)/t13?,14?,15-,16+/m0/s1. The van der Waals surface area contributed by atoms with Crippen molar-refractivity contribution in [1.29, 1.82) is 0 Å². The maximum absolute atomic E-state index is 12.2. The van der Waals surface area contributed by atoms with Crippen molar-refractivity contribution < 1.29 is 14.3 Å². The highest BCUT2D eigenvalue weighted by molar-refractivity contribution is 6.30. The first-order valence-corrected chi connectivity index (χ1v) is 9.31. The van der Waals surface area contributed by atoms with Crippen LogP contribution in [0.25, 0.3) is 0 Å². The third kappa shape index (κ3) is 3.61. The fourth-order valence-corrected chi connectivity index (χ4v) is 3.93. The molecule has 0 aliphatic heterocycles. The summed E-state index contributed by atoms with van der Waals surface area (Å²) < 4.78 is 5.49. The molecule has 0 radical (unpaired) electrons. The van der Waals surface area contributed by atoms with Gasteiger partial charge in [0.1, 0.15) is 5.75 Å². The quantitative estimate of drug-likeness (QED) is 0.817. The van der Waals surface area contributed by atoms with Gasteiger partial charge < -0.3 is 15.4 Å². The summed E-state index contributed by atoms with van der Waals surface area (Å²) in [6, 6.07) is 7.29. The number of carbonyl (C=O) groups excluding carboxylic acids is 2. The van der Waals surface area contributed by atoms with Gasteiger partial charge in [0, 0.05) is 22.5 Å². The van der Waals surface area contributed by atoms with Crippen molar-refractivity contribution in [3.8, 4) is 5.75 Å². The van der Waals surface area contributed by atoms with Crippen LogP contribution >= 0.6 is 11.6 Å². The Balaban J connectivity index is 1.24. The number of halogens is 1. The van der Waals surface area contributed by atoms with E-state index in [1.54, 1.807) is 24.3 Å². The van der Waals surface area contributed by atoms with Crippen LogP contribution in [0, 0.1) is 17.3 Å². The second-order valence-electron chi connectivity index (χ2n) is 7.86. The molecular weight excluding hydrogens is 340 g/mol. The zero-order valence-corrected chi connectivity index (χ0v) is 15.0. The van der Waals surface area contributed by atoms with Gasteiger partial charge in [-0.2, -0.15) is 0 Å². The van der Waals surface area contributed by atoms with Crippen LogP contribution in [0.15, 0.2) is 24.3 Å². The predicted molar refractivity (Wildman–Crippen MR) is 94.4 cm³/mol. The van der Waals surface area contributed by atoms with Crippen molar-refractivity contribution in [1.82, 2.24) is 10.6 Å². The summed E-state index contributed by atoms with van der Waals surface area (Å²) in [5.74, 6) is 1.71. The van der Waals surface area contributed by atoms with Crippen LogP contribution in [0.3, 0.4) is 0 Å². The molecule has 4 rings (SSSR count). The van der Waals surface area contributed by atoms with Crippen LogP contribution in [0.4, 0.5) is 0 Å². The van der Waals surface area contributed by atoms with Crippen LogP contribution in [-0.2, 0) is 9.59 Å². The molecule has 2 N–H and O–H groups in total. The van der Waals surface area contributed by atoms with E-state index in [1.807, 2.05) is 6.92 Å². The van der Waals surface area contributed by atoms with E-state index in [0.717, 1.165) is 25.7 Å². The monoisotopic (exact) mass is 362 g/mol. The van der Waals surface area contributed by atoms with Crippen molar-refractivity contribution in [3.05, 3.63) is 29.3 Å². The summed E-state index contributed by atoms with van der Waals surface area (Å²) in [5.41, 5.74) is -0.141. The molecule has 3 aliphatic carbocycles. The van der Waals surface area contributed by atoms with E-state index < -0.39 is 0 Å². The average molecular weight is 363 g/mol. The van der Waals surface area contributed by atoms with Crippen molar-refractivity contribution >= 4 is 23.4 Å². The molecule has 134 valence electrons. The molecule has 3 aliphatic rings. The molecule has 5 nitrogen and oxygen atoms in total. The van der Waals surface area contributed by atoms with Crippen molar-refractivity contribution in [2.24, 2.45) is 17.3 Å². The van der Waals surface area contributed by atoms with Gasteiger partial charge in [-0.1, -0.05) is 18.5 Å². The van der Waals surface area contributed by atoms with Gasteiger partial charge in [0.25, 0.3) is 5.91 Å². The van der Waals surface area contributed by atoms with Crippen LogP contribution in [0.2, 0.25) is 5.02 Å². The summed E-state index contributed by atoms with van der Waals surface area (Å²) in [5, 5.41) is 6.91. The molecule has 3 saturated carbocycles. The van der Waals surface area contributed by atoms with Crippen LogP contribution < -0.4 is 15.4 Å². The van der Waals surface area contributed by atoms with Crippen molar-refractivity contribution in [3.63, 3.8) is 0 Å². The lowest BCUT2D eigenvalue weighted by atomic mass is 10.1. The molecule has 2 amide bonds. The molecule has 4 atom stereocenters. The highest BCUT2D eigenvalue weighted by Gasteiger charge is 2.56. The molecule has 1 aromatic rings. The number of fused-ring (bicyclic) bond motifs is 1. The van der Waals surface area contributed by atoms with Gasteiger partial charge in [-0.3, -0.25) is 9.59 Å². The highest BCUT2D eigenvalue weighted by Crippen LogP contribution is 2.53. The van der Waals surface area contributed by atoms with E-state index in [0.29, 0.717) is 22.6 Å². The summed E-state index contributed by atoms with van der Waals surface area (Å²) in [7, 11) is 0. The molecule has 1 aromatic carbocycles. The molecule has 0 saturated heterocycles. The highest BCUT2D eigenvalue weighted by atomic mass is 35.5. The average Bonchev–Trinajstić information content (AvgIpc) is 3.49. The number of ether oxygens (including phenoxy) is 1. The number of amides is 2. The number of hydrogen-bond donors (Lipinski definition) is 2. The first-order chi connectivity index (χ1) is 11.9. The first-order valence-electron chi connectivity index (χ1n) is 8.93. The molecule has 0 heterocycles. The molecular formula is C19H23ClN2O3. The molecule has 6 heteroatoms. The van der Waals surface area contributed by atoms with Gasteiger partial charge >= 0.3 is 0 Å². The van der Waals surface area contributed by atoms with Gasteiger partial charge in [0.05, 0.1) is 0 Å². The van der Waals surface area contributed by atoms with Crippen LogP contribution in [-0.4, -0.2) is 30.5 Å². The minimum atomic E-state index is -0.141. The summed E-state index contributed by atoms with van der Waals surface area (Å²) in [6.07, 6.45) is 3.89. The normalized spacial score (nSPS) is 31.0. The van der Waals surface area contributed by atoms with Crippen molar-refractivity contribution in [2.75, 3.05) is 6.61 Å². The van der Waals surface area contributed by atoms with Crippen LogP contribution in [0.5, 0.6) is 5.75 Å². The van der Waals surface area contributed by atoms with Gasteiger partial charge in [-0.15, -0.1) is 0 Å². The maximum atomic E-state index is 12.2. The summed E-state index contributed by atoms with van der Waals surface area (Å²) in [6.45, 7) is 2.01. The minimum absolute atomic E-state index is 0.00931. The molecule has 0 aromatic heterocycles. The number of benzene rings is 1. The van der Waals surface area contributed by atoms with E-state index in [-0.39, 0.29) is 35.9 Å². The number of carbonyl (C=O) groups is 2. The lowest BCUT2D eigenvalue weighted by molar-refractivity contribution is -0.126. The molecule has 0 bridgehead atoms. The first kappa shape index (κ1) is 16.7. The van der Waals surface area contributed by atoms with Gasteiger partial charge in [0.2, 0.25) is 5.91 Å². The second-order valence-corrected chi connectivity index (χ2v) is 8.29. The van der Waals surface area contributed by atoms with E-state index in [4.69, 9.17) is 16.3 Å². The van der Waals surface area contributed by atoms with Gasteiger partial charge in [-0.05, 0) is 61.8 Å². The second kappa shape index (κ2) is 6.20. The molecule has 3 fully saturated rings. The number of rotatable bonds is 6. The number of hydrogen-bond acceptors (Lipinski definition) is 3. The fourth-order valence-electron chi connectivity index (χ4n) is 3.80. The Morgan fingerprint density at radius 3 is 2.40 bits per heavy atom. The Morgan fingerprint density at radius 2 is 1.76 bits per heavy atom. The lowest BCUT2D eigenvalue weighted by Gasteiger charge is -2.20. The molecule has 0 spiro atoms. The Morgan fingerprint density at radius 1 is 1.12 bits per heavy atom. The molecule has 25 heavy (non-hydrogen) atoms. The summed E-state index contributed by atoms with van der Waals surface area (Å²) >= 11 is 5.83. The maximum Gasteiger partial charge on any atom is 0.258 e. The smallest absolute Gasteiger partial charge is 0.258 e. The van der Waals surface area contributed by atoms with Crippen molar-refractivity contribution in [2.45, 2.75) is 44.7 Å². The lowest BCUT2D eigenvalue weighted by Crippen LogP contribution is -2.43. The zero-order chi connectivity index (χ0) is 17.6. The Kier molecular flexibility index (Phi) is 4.14. The van der Waals surface area contributed by atoms with Gasteiger partial charge in [0.15, 0.2) is 6.61 Å². The zero-order valence-electron chi connectivity index (χ0n) is 14.3. The number of nitrogens with one attached hydrogen (secondary N) is 2. The van der Waals surface area contributed by atoms with E-state index in [9.17, 15) is 9.59 Å². The third-order valence-electron chi connectivity index (χ3n) is 5.83. The van der Waals surface area contributed by atoms with E-state index in [1.165, 1.54) is 0 Å². The fraction of sp³-hybridized carbons (Fsp3) is 0.579. The van der Waals surface area contributed by atoms with Crippen LogP contribution in [0.1, 0.15) is 32.6 Å². The third-order valence-corrected chi connectivity index (χ3v) is 6.08. The molecule has 2 unspecified atom stereocenters. The van der Waals surface area contributed by atoms with Gasteiger partial charge in [-0.25, -0.2) is 0 Å². The largest absolute Gasteiger partial charge is 0.484 e. The Labute approximate surface area is 152 Å². The topological polar surface area (TPSA) is 67.4 Å².